The normalized spacial score (nSPS) is 12.3. The molecule has 0 aliphatic rings. The Balaban J connectivity index is 0.780. The summed E-state index contributed by atoms with van der Waals surface area (Å²) >= 11 is 3.77. The van der Waals surface area contributed by atoms with Gasteiger partial charge in [0.05, 0.1) is 22.1 Å². The Labute approximate surface area is 452 Å². The van der Waals surface area contributed by atoms with Gasteiger partial charge >= 0.3 is 0 Å². The standard InChI is InChI=1S/C72H56N2S2/c1-71(2,3)47-25-29-49(30-26-47)73-63-21-13-11-19-57(63)61-43-45(23-37-65(61)73)51-33-35-59(55-17-9-7-15-53(51)55)67-39-41-69(75-67)70-42-40-68(76-70)60-36-34-52(54-16-8-10-18-56(54)60)46-24-38-66-62(44-46)58-20-12-14-22-64(58)74(66)50-31-27-48(28-32-50)72(4,5)6/h7-44H,1-6H3. The maximum atomic E-state index is 2.42. The van der Waals surface area contributed by atoms with Crippen LogP contribution in [0.2, 0.25) is 0 Å². The second-order valence-electron chi connectivity index (χ2n) is 22.5. The van der Waals surface area contributed by atoms with Crippen LogP contribution in [-0.4, -0.2) is 9.13 Å². The van der Waals surface area contributed by atoms with Gasteiger partial charge in [0, 0.05) is 52.4 Å². The molecular formula is C72H56N2S2. The van der Waals surface area contributed by atoms with E-state index in [0.29, 0.717) is 0 Å². The molecule has 4 heterocycles. The van der Waals surface area contributed by atoms with Gasteiger partial charge in [-0.2, -0.15) is 0 Å². The highest BCUT2D eigenvalue weighted by atomic mass is 32.1. The quantitative estimate of drug-likeness (QED) is 0.151. The molecule has 4 heteroatoms. The molecule has 0 spiro atoms. The third-order valence-corrected chi connectivity index (χ3v) is 18.2. The van der Waals surface area contributed by atoms with E-state index in [2.05, 4.69) is 281 Å². The zero-order chi connectivity index (χ0) is 51.5. The zero-order valence-corrected chi connectivity index (χ0v) is 45.3. The van der Waals surface area contributed by atoms with Crippen molar-refractivity contribution < 1.29 is 0 Å². The molecule has 2 nitrogen and oxygen atoms in total. The van der Waals surface area contributed by atoms with E-state index in [1.54, 1.807) is 0 Å². The SMILES string of the molecule is CC(C)(C)c1ccc(-n2c3ccccc3c3cc(-c4ccc(-c5ccc(-c6ccc(-c7ccc(-c8ccc9c(c8)c8ccccc8n9-c8ccc(C(C)(C)C)cc8)c8ccccc78)s6)s5)c5ccccc45)ccc32)cc1. The number of hydrogen-bond acceptors (Lipinski definition) is 2. The smallest absolute Gasteiger partial charge is 0.0541 e. The van der Waals surface area contributed by atoms with Gasteiger partial charge in [-0.05, 0) is 162 Å². The molecule has 14 aromatic rings. The molecule has 0 bridgehead atoms. The van der Waals surface area contributed by atoms with Crippen LogP contribution in [0.5, 0.6) is 0 Å². The van der Waals surface area contributed by atoms with Crippen LogP contribution in [0.15, 0.2) is 231 Å². The molecule has 0 amide bonds. The van der Waals surface area contributed by atoms with Crippen LogP contribution in [0, 0.1) is 0 Å². The average Bonchev–Trinajstić information content (AvgIpc) is 4.35. The van der Waals surface area contributed by atoms with E-state index in [4.69, 9.17) is 0 Å². The lowest BCUT2D eigenvalue weighted by molar-refractivity contribution is 0.590. The first-order chi connectivity index (χ1) is 36.9. The fourth-order valence-electron chi connectivity index (χ4n) is 11.8. The minimum atomic E-state index is 0.101. The molecule has 366 valence electrons. The van der Waals surface area contributed by atoms with Crippen LogP contribution in [-0.2, 0) is 10.8 Å². The van der Waals surface area contributed by atoms with Gasteiger partial charge in [0.1, 0.15) is 0 Å². The van der Waals surface area contributed by atoms with Gasteiger partial charge in [0.25, 0.3) is 0 Å². The Bertz CT molecular complexity index is 4280. The van der Waals surface area contributed by atoms with E-state index < -0.39 is 0 Å². The molecule has 0 saturated carbocycles. The molecule has 4 aromatic heterocycles. The third-order valence-electron chi connectivity index (χ3n) is 15.8. The lowest BCUT2D eigenvalue weighted by Gasteiger charge is -2.19. The molecule has 0 aliphatic heterocycles. The molecule has 0 fully saturated rings. The number of hydrogen-bond donors (Lipinski definition) is 0. The van der Waals surface area contributed by atoms with Crippen molar-refractivity contribution in [1.29, 1.82) is 0 Å². The number of nitrogens with zero attached hydrogens (tertiary/aromatic N) is 2. The van der Waals surface area contributed by atoms with E-state index in [1.165, 1.54) is 141 Å². The predicted octanol–water partition coefficient (Wildman–Crippen LogP) is 21.2. The van der Waals surface area contributed by atoms with E-state index in [9.17, 15) is 0 Å². The molecule has 10 aromatic carbocycles. The van der Waals surface area contributed by atoms with Crippen molar-refractivity contribution >= 4 is 87.8 Å². The summed E-state index contributed by atoms with van der Waals surface area (Å²) in [5.74, 6) is 0. The summed E-state index contributed by atoms with van der Waals surface area (Å²) < 4.78 is 4.84. The first-order valence-electron chi connectivity index (χ1n) is 26.5. The first-order valence-corrected chi connectivity index (χ1v) is 28.1. The maximum Gasteiger partial charge on any atom is 0.0541 e. The third kappa shape index (κ3) is 7.65. The molecule has 0 N–H and O–H groups in total. The van der Waals surface area contributed by atoms with Gasteiger partial charge in [0.15, 0.2) is 0 Å². The summed E-state index contributed by atoms with van der Waals surface area (Å²) in [5, 5.41) is 10.1. The summed E-state index contributed by atoms with van der Waals surface area (Å²) in [6.07, 6.45) is 0. The van der Waals surface area contributed by atoms with Crippen molar-refractivity contribution in [3.05, 3.63) is 242 Å². The van der Waals surface area contributed by atoms with Gasteiger partial charge in [-0.15, -0.1) is 22.7 Å². The zero-order valence-electron chi connectivity index (χ0n) is 43.7. The molecule has 0 saturated heterocycles. The van der Waals surface area contributed by atoms with Crippen LogP contribution < -0.4 is 0 Å². The minimum absolute atomic E-state index is 0.101. The molecular weight excluding hydrogens is 957 g/mol. The molecule has 0 atom stereocenters. The molecule has 76 heavy (non-hydrogen) atoms. The van der Waals surface area contributed by atoms with Crippen LogP contribution in [0.1, 0.15) is 52.7 Å². The van der Waals surface area contributed by atoms with Crippen LogP contribution >= 0.6 is 22.7 Å². The van der Waals surface area contributed by atoms with Crippen LogP contribution in [0.3, 0.4) is 0 Å². The summed E-state index contributed by atoms with van der Waals surface area (Å²) in [6.45, 7) is 13.6. The Morgan fingerprint density at radius 1 is 0.263 bits per heavy atom. The van der Waals surface area contributed by atoms with Crippen molar-refractivity contribution in [1.82, 2.24) is 9.13 Å². The highest BCUT2D eigenvalue weighted by Crippen LogP contribution is 2.47. The first kappa shape index (κ1) is 46.3. The van der Waals surface area contributed by atoms with E-state index >= 15 is 0 Å². The second kappa shape index (κ2) is 17.7. The number of aromatic nitrogens is 2. The predicted molar refractivity (Wildman–Crippen MR) is 330 cm³/mol. The summed E-state index contributed by atoms with van der Waals surface area (Å²) in [4.78, 5) is 5.12. The topological polar surface area (TPSA) is 9.86 Å². The van der Waals surface area contributed by atoms with Gasteiger partial charge in [-0.25, -0.2) is 0 Å². The number of para-hydroxylation sites is 2. The Morgan fingerprint density at radius 3 is 0.961 bits per heavy atom. The van der Waals surface area contributed by atoms with Gasteiger partial charge in [-0.3, -0.25) is 0 Å². The monoisotopic (exact) mass is 1010 g/mol. The average molecular weight is 1010 g/mol. The number of benzene rings is 10. The van der Waals surface area contributed by atoms with Crippen molar-refractivity contribution in [2.45, 2.75) is 52.4 Å². The lowest BCUT2D eigenvalue weighted by atomic mass is 9.87. The summed E-state index contributed by atoms with van der Waals surface area (Å²) in [5.41, 5.74) is 17.6. The molecule has 0 aliphatic carbocycles. The molecule has 14 rings (SSSR count). The minimum Gasteiger partial charge on any atom is -0.309 e. The summed E-state index contributed by atoms with van der Waals surface area (Å²) in [7, 11) is 0. The van der Waals surface area contributed by atoms with Gasteiger partial charge in [-0.1, -0.05) is 187 Å². The fourth-order valence-corrected chi connectivity index (χ4v) is 14.0. The van der Waals surface area contributed by atoms with Crippen LogP contribution in [0.4, 0.5) is 0 Å². The van der Waals surface area contributed by atoms with Crippen molar-refractivity contribution in [3.8, 4) is 64.3 Å². The number of thiophene rings is 2. The Hall–Kier alpha value is -8.28. The van der Waals surface area contributed by atoms with E-state index in [0.717, 1.165) is 0 Å². The van der Waals surface area contributed by atoms with Crippen LogP contribution in [0.25, 0.3) is 129 Å². The Morgan fingerprint density at radius 2 is 0.579 bits per heavy atom. The Kier molecular flexibility index (Phi) is 10.8. The van der Waals surface area contributed by atoms with Gasteiger partial charge < -0.3 is 9.13 Å². The molecule has 0 unspecified atom stereocenters. The van der Waals surface area contributed by atoms with E-state index in [-0.39, 0.29) is 10.8 Å². The van der Waals surface area contributed by atoms with Crippen molar-refractivity contribution in [2.75, 3.05) is 0 Å². The lowest BCUT2D eigenvalue weighted by Crippen LogP contribution is -2.10. The summed E-state index contributed by atoms with van der Waals surface area (Å²) in [6, 6.07) is 86.4. The number of rotatable bonds is 7. The second-order valence-corrected chi connectivity index (χ2v) is 24.7. The maximum absolute atomic E-state index is 2.42. The largest absolute Gasteiger partial charge is 0.309 e. The van der Waals surface area contributed by atoms with Crippen molar-refractivity contribution in [3.63, 3.8) is 0 Å². The number of fused-ring (bicyclic) bond motifs is 8. The highest BCUT2D eigenvalue weighted by Gasteiger charge is 2.21. The van der Waals surface area contributed by atoms with Crippen molar-refractivity contribution in [2.24, 2.45) is 0 Å². The fraction of sp³-hybridized carbons (Fsp3) is 0.111. The highest BCUT2D eigenvalue weighted by molar-refractivity contribution is 7.25. The van der Waals surface area contributed by atoms with E-state index in [1.807, 2.05) is 22.7 Å². The molecule has 0 radical (unpaired) electrons. The van der Waals surface area contributed by atoms with Gasteiger partial charge in [0.2, 0.25) is 0 Å².